The normalized spacial score (nSPS) is 16.0. The number of carbonyl (C=O) groups is 1. The minimum absolute atomic E-state index is 0.172. The lowest BCUT2D eigenvalue weighted by molar-refractivity contribution is 0.0696. The van der Waals surface area contributed by atoms with E-state index < -0.39 is 17.2 Å². The molecular formula is C16H17FN2O3S. The Morgan fingerprint density at radius 2 is 1.96 bits per heavy atom. The van der Waals surface area contributed by atoms with Crippen molar-refractivity contribution < 1.29 is 14.3 Å². The van der Waals surface area contributed by atoms with Crippen LogP contribution in [0.25, 0.3) is 10.1 Å². The number of benzene rings is 1. The average Bonchev–Trinajstić information content (AvgIpc) is 2.51. The van der Waals surface area contributed by atoms with E-state index in [9.17, 15) is 14.0 Å². The Kier molecular flexibility index (Phi) is 4.08. The molecule has 2 heterocycles. The number of likely N-dealkylation sites (N-methyl/N-ethyl adjacent to an activating group) is 1. The number of rotatable bonds is 2. The van der Waals surface area contributed by atoms with Crippen molar-refractivity contribution in [2.24, 2.45) is 0 Å². The minimum Gasteiger partial charge on any atom is -0.478 e. The Balaban J connectivity index is 2.17. The molecule has 0 unspecified atom stereocenters. The molecule has 1 aromatic carbocycles. The highest BCUT2D eigenvalue weighted by Crippen LogP contribution is 2.31. The van der Waals surface area contributed by atoms with Gasteiger partial charge in [-0.15, -0.1) is 11.3 Å². The van der Waals surface area contributed by atoms with Crippen molar-refractivity contribution in [2.75, 3.05) is 38.1 Å². The first-order chi connectivity index (χ1) is 10.9. The quantitative estimate of drug-likeness (QED) is 0.911. The number of carboxylic acid groups (broad SMARTS) is 1. The van der Waals surface area contributed by atoms with E-state index >= 15 is 0 Å². The molecule has 1 saturated heterocycles. The van der Waals surface area contributed by atoms with Gasteiger partial charge >= 0.3 is 5.97 Å². The molecular weight excluding hydrogens is 319 g/mol. The molecule has 0 saturated carbocycles. The molecule has 2 aromatic rings. The van der Waals surface area contributed by atoms with Crippen LogP contribution in [0.5, 0.6) is 0 Å². The summed E-state index contributed by atoms with van der Waals surface area (Å²) in [6, 6.07) is 1.67. The maximum atomic E-state index is 14.8. The van der Waals surface area contributed by atoms with Gasteiger partial charge in [-0.25, -0.2) is 9.18 Å². The van der Waals surface area contributed by atoms with Crippen molar-refractivity contribution in [3.05, 3.63) is 38.6 Å². The van der Waals surface area contributed by atoms with Crippen LogP contribution >= 0.6 is 11.3 Å². The maximum absolute atomic E-state index is 14.8. The van der Waals surface area contributed by atoms with E-state index in [2.05, 4.69) is 4.90 Å². The zero-order chi connectivity index (χ0) is 16.7. The first kappa shape index (κ1) is 15.9. The first-order valence-electron chi connectivity index (χ1n) is 7.31. The molecule has 7 heteroatoms. The Hall–Kier alpha value is -1.99. The summed E-state index contributed by atoms with van der Waals surface area (Å²) in [5, 5.41) is 10.6. The van der Waals surface area contributed by atoms with Crippen LogP contribution in [0.2, 0.25) is 0 Å². The number of anilines is 1. The Morgan fingerprint density at radius 3 is 2.57 bits per heavy atom. The van der Waals surface area contributed by atoms with Gasteiger partial charge in [0.15, 0.2) is 0 Å². The minimum atomic E-state index is -1.28. The van der Waals surface area contributed by atoms with Gasteiger partial charge < -0.3 is 14.9 Å². The molecule has 1 aliphatic rings. The maximum Gasteiger partial charge on any atom is 0.340 e. The zero-order valence-corrected chi connectivity index (χ0v) is 13.7. The Bertz CT molecular complexity index is 841. The van der Waals surface area contributed by atoms with Crippen LogP contribution in [0.4, 0.5) is 10.1 Å². The van der Waals surface area contributed by atoms with Crippen molar-refractivity contribution in [2.45, 2.75) is 6.92 Å². The number of aromatic carboxylic acids is 1. The van der Waals surface area contributed by atoms with E-state index in [4.69, 9.17) is 5.11 Å². The van der Waals surface area contributed by atoms with Crippen LogP contribution < -0.4 is 10.3 Å². The number of piperazine rings is 1. The van der Waals surface area contributed by atoms with Gasteiger partial charge in [-0.1, -0.05) is 0 Å². The lowest BCUT2D eigenvalue weighted by Crippen LogP contribution is -2.44. The van der Waals surface area contributed by atoms with Crippen molar-refractivity contribution in [3.63, 3.8) is 0 Å². The molecule has 1 N–H and O–H groups in total. The van der Waals surface area contributed by atoms with Gasteiger partial charge in [0.25, 0.3) is 0 Å². The lowest BCUT2D eigenvalue weighted by atomic mass is 10.1. The number of aryl methyl sites for hydroxylation is 1. The predicted octanol–water partition coefficient (Wildman–Crippen LogP) is 2.16. The van der Waals surface area contributed by atoms with Gasteiger partial charge in [0.2, 0.25) is 5.43 Å². The topological polar surface area (TPSA) is 60.9 Å². The molecule has 0 aliphatic carbocycles. The van der Waals surface area contributed by atoms with Crippen LogP contribution in [0.3, 0.4) is 0 Å². The highest BCUT2D eigenvalue weighted by molar-refractivity contribution is 7.16. The number of carboxylic acids is 1. The summed E-state index contributed by atoms with van der Waals surface area (Å²) in [5.74, 6) is -1.72. The summed E-state index contributed by atoms with van der Waals surface area (Å²) in [4.78, 5) is 27.6. The molecule has 3 rings (SSSR count). The van der Waals surface area contributed by atoms with E-state index in [1.54, 1.807) is 6.07 Å². The number of fused-ring (bicyclic) bond motifs is 1. The van der Waals surface area contributed by atoms with Crippen molar-refractivity contribution in [3.8, 4) is 0 Å². The Morgan fingerprint density at radius 1 is 1.30 bits per heavy atom. The van der Waals surface area contributed by atoms with Crippen LogP contribution in [0.15, 0.2) is 16.2 Å². The highest BCUT2D eigenvalue weighted by atomic mass is 32.1. The Labute approximate surface area is 136 Å². The average molecular weight is 336 g/mol. The molecule has 0 bridgehead atoms. The lowest BCUT2D eigenvalue weighted by Gasteiger charge is -2.34. The third-order valence-electron chi connectivity index (χ3n) is 4.29. The van der Waals surface area contributed by atoms with Gasteiger partial charge in [-0.2, -0.15) is 0 Å². The monoisotopic (exact) mass is 336 g/mol. The smallest absolute Gasteiger partial charge is 0.340 e. The second kappa shape index (κ2) is 5.90. The van der Waals surface area contributed by atoms with Crippen LogP contribution in [-0.2, 0) is 0 Å². The fourth-order valence-electron chi connectivity index (χ4n) is 2.86. The van der Waals surface area contributed by atoms with Gasteiger partial charge in [-0.05, 0) is 25.6 Å². The van der Waals surface area contributed by atoms with E-state index in [1.807, 2.05) is 11.9 Å². The molecule has 122 valence electrons. The van der Waals surface area contributed by atoms with Gasteiger partial charge in [0.05, 0.1) is 5.69 Å². The van der Waals surface area contributed by atoms with Crippen molar-refractivity contribution >= 4 is 33.1 Å². The van der Waals surface area contributed by atoms with E-state index in [1.165, 1.54) is 12.3 Å². The SMILES string of the molecule is Cc1c(F)c(N2CCN(C)CC2)cc2scc(C(=O)O)c(=O)c12. The number of halogens is 1. The first-order valence-corrected chi connectivity index (χ1v) is 8.19. The van der Waals surface area contributed by atoms with E-state index in [0.717, 1.165) is 37.5 Å². The summed E-state index contributed by atoms with van der Waals surface area (Å²) in [6.45, 7) is 4.69. The number of hydrogen-bond donors (Lipinski definition) is 1. The van der Waals surface area contributed by atoms with E-state index in [0.29, 0.717) is 10.4 Å². The summed E-state index contributed by atoms with van der Waals surface area (Å²) < 4.78 is 15.4. The second-order valence-electron chi connectivity index (χ2n) is 5.78. The highest BCUT2D eigenvalue weighted by Gasteiger charge is 2.22. The molecule has 1 fully saturated rings. The standard InChI is InChI=1S/C16H17FN2O3S/c1-9-13-12(23-8-10(15(13)20)16(21)22)7-11(14(9)17)19-5-3-18(2)4-6-19/h7-8H,3-6H2,1-2H3,(H,21,22). The molecule has 5 nitrogen and oxygen atoms in total. The molecule has 0 amide bonds. The molecule has 1 aromatic heterocycles. The molecule has 0 atom stereocenters. The second-order valence-corrected chi connectivity index (χ2v) is 6.69. The summed E-state index contributed by atoms with van der Waals surface area (Å²) in [7, 11) is 2.03. The van der Waals surface area contributed by atoms with Gasteiger partial charge in [0, 0.05) is 41.6 Å². The van der Waals surface area contributed by atoms with Gasteiger partial charge in [0.1, 0.15) is 11.4 Å². The van der Waals surface area contributed by atoms with Gasteiger partial charge in [-0.3, -0.25) is 4.79 Å². The molecule has 1 aliphatic heterocycles. The largest absolute Gasteiger partial charge is 0.478 e. The van der Waals surface area contributed by atoms with Crippen molar-refractivity contribution in [1.29, 1.82) is 0 Å². The molecule has 0 spiro atoms. The summed E-state index contributed by atoms with van der Waals surface area (Å²) >= 11 is 1.16. The van der Waals surface area contributed by atoms with Crippen LogP contribution in [-0.4, -0.2) is 49.2 Å². The molecule has 23 heavy (non-hydrogen) atoms. The summed E-state index contributed by atoms with van der Waals surface area (Å²) in [5.41, 5.74) is -0.215. The summed E-state index contributed by atoms with van der Waals surface area (Å²) in [6.07, 6.45) is 0. The van der Waals surface area contributed by atoms with E-state index in [-0.39, 0.29) is 16.5 Å². The van der Waals surface area contributed by atoms with Crippen LogP contribution in [0.1, 0.15) is 15.9 Å². The van der Waals surface area contributed by atoms with Crippen LogP contribution in [0, 0.1) is 12.7 Å². The third kappa shape index (κ3) is 2.70. The number of nitrogens with zero attached hydrogens (tertiary/aromatic N) is 2. The molecule has 0 radical (unpaired) electrons. The fourth-order valence-corrected chi connectivity index (χ4v) is 3.85. The zero-order valence-electron chi connectivity index (χ0n) is 12.9. The third-order valence-corrected chi connectivity index (χ3v) is 5.22. The fraction of sp³-hybridized carbons (Fsp3) is 0.375. The predicted molar refractivity (Wildman–Crippen MR) is 89.5 cm³/mol. The van der Waals surface area contributed by atoms with Crippen molar-refractivity contribution in [1.82, 2.24) is 4.90 Å². The number of hydrogen-bond acceptors (Lipinski definition) is 5.